The molecule has 1 aliphatic heterocycles. The molecule has 0 saturated heterocycles. The first-order valence-electron chi connectivity index (χ1n) is 9.83. The van der Waals surface area contributed by atoms with E-state index in [9.17, 15) is 4.79 Å². The van der Waals surface area contributed by atoms with Crippen LogP contribution in [-0.2, 0) is 4.79 Å². The van der Waals surface area contributed by atoms with Gasteiger partial charge in [0.1, 0.15) is 11.5 Å². The Morgan fingerprint density at radius 1 is 1.07 bits per heavy atom. The summed E-state index contributed by atoms with van der Waals surface area (Å²) >= 11 is 1.70. The average molecular weight is 408 g/mol. The molecule has 0 unspecified atom stereocenters. The molecule has 0 bridgehead atoms. The van der Waals surface area contributed by atoms with Crippen LogP contribution >= 0.6 is 11.3 Å². The van der Waals surface area contributed by atoms with Crippen LogP contribution in [0, 0.1) is 5.92 Å². The third-order valence-corrected chi connectivity index (χ3v) is 6.15. The summed E-state index contributed by atoms with van der Waals surface area (Å²) in [6.07, 6.45) is 0.460. The Morgan fingerprint density at radius 2 is 1.76 bits per heavy atom. The van der Waals surface area contributed by atoms with Crippen LogP contribution < -0.4 is 14.8 Å². The molecule has 0 spiro atoms. The van der Waals surface area contributed by atoms with Gasteiger partial charge in [-0.25, -0.2) is 0 Å². The van der Waals surface area contributed by atoms with Gasteiger partial charge in [0.25, 0.3) is 0 Å². The van der Waals surface area contributed by atoms with Crippen LogP contribution in [0.1, 0.15) is 36.6 Å². The Labute approximate surface area is 175 Å². The number of anilines is 1. The second-order valence-corrected chi connectivity index (χ2v) is 8.61. The van der Waals surface area contributed by atoms with Gasteiger partial charge in [-0.3, -0.25) is 4.79 Å². The highest BCUT2D eigenvalue weighted by Gasteiger charge is 2.30. The van der Waals surface area contributed by atoms with Crippen molar-refractivity contribution >= 4 is 22.9 Å². The van der Waals surface area contributed by atoms with Gasteiger partial charge in [-0.1, -0.05) is 38.1 Å². The summed E-state index contributed by atoms with van der Waals surface area (Å²) in [5.74, 6) is 2.29. The third-order valence-electron chi connectivity index (χ3n) is 5.06. The number of hydrogen-bond acceptors (Lipinski definition) is 4. The summed E-state index contributed by atoms with van der Waals surface area (Å²) < 4.78 is 11.0. The monoisotopic (exact) mass is 407 g/mol. The van der Waals surface area contributed by atoms with E-state index >= 15 is 0 Å². The second kappa shape index (κ2) is 8.29. The maximum atomic E-state index is 12.5. The summed E-state index contributed by atoms with van der Waals surface area (Å²) in [7, 11) is 1.66. The molecule has 29 heavy (non-hydrogen) atoms. The van der Waals surface area contributed by atoms with Crippen molar-refractivity contribution in [2.45, 2.75) is 26.2 Å². The van der Waals surface area contributed by atoms with Crippen molar-refractivity contribution < 1.29 is 14.3 Å². The number of benzene rings is 2. The van der Waals surface area contributed by atoms with Crippen molar-refractivity contribution in [3.05, 3.63) is 64.4 Å². The maximum absolute atomic E-state index is 12.5. The molecule has 2 aromatic carbocycles. The first-order valence-corrected chi connectivity index (χ1v) is 10.7. The van der Waals surface area contributed by atoms with Crippen LogP contribution in [-0.4, -0.2) is 19.6 Å². The van der Waals surface area contributed by atoms with Crippen molar-refractivity contribution in [1.29, 1.82) is 0 Å². The molecule has 0 fully saturated rings. The van der Waals surface area contributed by atoms with Crippen molar-refractivity contribution in [3.63, 3.8) is 0 Å². The van der Waals surface area contributed by atoms with Gasteiger partial charge in [0.2, 0.25) is 5.91 Å². The molecule has 5 heteroatoms. The minimum atomic E-state index is 0.0517. The molecule has 1 aromatic heterocycles. The lowest BCUT2D eigenvalue weighted by Gasteiger charge is -2.24. The van der Waals surface area contributed by atoms with Crippen molar-refractivity contribution in [2.75, 3.05) is 19.0 Å². The highest BCUT2D eigenvalue weighted by Crippen LogP contribution is 2.46. The lowest BCUT2D eigenvalue weighted by atomic mass is 9.89. The van der Waals surface area contributed by atoms with Gasteiger partial charge in [-0.2, -0.15) is 0 Å². The Kier molecular flexibility index (Phi) is 5.58. The quantitative estimate of drug-likeness (QED) is 0.551. The number of amides is 1. The molecule has 0 saturated carbocycles. The topological polar surface area (TPSA) is 47.6 Å². The van der Waals surface area contributed by atoms with Crippen molar-refractivity contribution in [1.82, 2.24) is 0 Å². The number of nitrogens with one attached hydrogen (secondary N) is 1. The number of methoxy groups -OCH3 is 1. The molecule has 2 heterocycles. The third kappa shape index (κ3) is 4.15. The zero-order valence-electron chi connectivity index (χ0n) is 16.9. The Bertz CT molecular complexity index is 990. The van der Waals surface area contributed by atoms with Gasteiger partial charge < -0.3 is 14.8 Å². The van der Waals surface area contributed by atoms with Gasteiger partial charge in [-0.15, -0.1) is 11.3 Å². The van der Waals surface area contributed by atoms with E-state index in [1.165, 1.54) is 4.88 Å². The Morgan fingerprint density at radius 3 is 2.41 bits per heavy atom. The van der Waals surface area contributed by atoms with E-state index in [4.69, 9.17) is 9.47 Å². The molecule has 150 valence electrons. The van der Waals surface area contributed by atoms with E-state index in [0.717, 1.165) is 33.9 Å². The highest BCUT2D eigenvalue weighted by atomic mass is 32.1. The van der Waals surface area contributed by atoms with Gasteiger partial charge in [0.15, 0.2) is 0 Å². The van der Waals surface area contributed by atoms with E-state index in [0.29, 0.717) is 18.9 Å². The Balaban J connectivity index is 1.63. The van der Waals surface area contributed by atoms with Gasteiger partial charge in [0.05, 0.1) is 19.4 Å². The number of hydrogen-bond donors (Lipinski definition) is 1. The minimum absolute atomic E-state index is 0.0517. The lowest BCUT2D eigenvalue weighted by Crippen LogP contribution is -2.22. The molecule has 4 nitrogen and oxygen atoms in total. The summed E-state index contributed by atoms with van der Waals surface area (Å²) in [6, 6.07) is 16.1. The molecular formula is C24H25NO3S. The largest absolute Gasteiger partial charge is 0.497 e. The predicted octanol–water partition coefficient (Wildman–Crippen LogP) is 5.93. The average Bonchev–Trinajstić information content (AvgIpc) is 3.16. The lowest BCUT2D eigenvalue weighted by molar-refractivity contribution is -0.116. The van der Waals surface area contributed by atoms with Crippen molar-refractivity contribution in [2.24, 2.45) is 5.92 Å². The SMILES string of the molecule is COc1ccc(-c2csc3c2NC(=O)C[C@@H]3c2ccc(OCC(C)C)cc2)cc1. The number of carbonyl (C=O) groups is 1. The molecule has 4 rings (SSSR count). The molecular weight excluding hydrogens is 382 g/mol. The second-order valence-electron chi connectivity index (χ2n) is 7.70. The fourth-order valence-electron chi connectivity index (χ4n) is 3.54. The fraction of sp³-hybridized carbons (Fsp3) is 0.292. The maximum Gasteiger partial charge on any atom is 0.225 e. The van der Waals surface area contributed by atoms with E-state index < -0.39 is 0 Å². The fourth-order valence-corrected chi connectivity index (χ4v) is 4.70. The van der Waals surface area contributed by atoms with E-state index in [2.05, 4.69) is 36.7 Å². The smallest absolute Gasteiger partial charge is 0.225 e. The van der Waals surface area contributed by atoms with Gasteiger partial charge >= 0.3 is 0 Å². The van der Waals surface area contributed by atoms with Crippen LogP contribution in [0.15, 0.2) is 53.9 Å². The molecule has 3 aromatic rings. The number of thiophene rings is 1. The minimum Gasteiger partial charge on any atom is -0.497 e. The van der Waals surface area contributed by atoms with Crippen LogP contribution in [0.2, 0.25) is 0 Å². The summed E-state index contributed by atoms with van der Waals surface area (Å²) in [6.45, 7) is 4.97. The zero-order valence-corrected chi connectivity index (χ0v) is 17.7. The normalized spacial score (nSPS) is 15.7. The Hall–Kier alpha value is -2.79. The number of rotatable bonds is 6. The first-order chi connectivity index (χ1) is 14.0. The summed E-state index contributed by atoms with van der Waals surface area (Å²) in [4.78, 5) is 13.7. The van der Waals surface area contributed by atoms with Gasteiger partial charge in [-0.05, 0) is 41.3 Å². The molecule has 1 amide bonds. The number of carbonyl (C=O) groups excluding carboxylic acids is 1. The van der Waals surface area contributed by atoms with E-state index in [1.807, 2.05) is 36.4 Å². The highest BCUT2D eigenvalue weighted by molar-refractivity contribution is 7.11. The van der Waals surface area contributed by atoms with Crippen molar-refractivity contribution in [3.8, 4) is 22.6 Å². The first kappa shape index (κ1) is 19.5. The van der Waals surface area contributed by atoms with Crippen LogP contribution in [0.4, 0.5) is 5.69 Å². The summed E-state index contributed by atoms with van der Waals surface area (Å²) in [5.41, 5.74) is 4.20. The molecule has 0 aliphatic carbocycles. The predicted molar refractivity (Wildman–Crippen MR) is 118 cm³/mol. The zero-order chi connectivity index (χ0) is 20.4. The number of ether oxygens (including phenoxy) is 2. The van der Waals surface area contributed by atoms with E-state index in [1.54, 1.807) is 18.4 Å². The van der Waals surface area contributed by atoms with Crippen LogP contribution in [0.3, 0.4) is 0 Å². The molecule has 1 N–H and O–H groups in total. The van der Waals surface area contributed by atoms with Crippen LogP contribution in [0.25, 0.3) is 11.1 Å². The molecule has 1 atom stereocenters. The summed E-state index contributed by atoms with van der Waals surface area (Å²) in [5, 5.41) is 5.23. The molecule has 1 aliphatic rings. The van der Waals surface area contributed by atoms with Gasteiger partial charge in [0, 0.05) is 28.2 Å². The molecule has 0 radical (unpaired) electrons. The standard InChI is InChI=1S/C24H25NO3S/c1-15(2)13-28-19-10-6-16(7-11-19)20-12-22(26)25-23-21(14-29-24(20)23)17-4-8-18(27-3)9-5-17/h4-11,14-15,20H,12-13H2,1-3H3,(H,25,26)/t20-/m1/s1. The van der Waals surface area contributed by atoms with E-state index in [-0.39, 0.29) is 11.8 Å². The van der Waals surface area contributed by atoms with Crippen LogP contribution in [0.5, 0.6) is 11.5 Å². The number of fused-ring (bicyclic) bond motifs is 1.